The molecule has 0 aliphatic rings. The number of hydrazone groups is 1. The Morgan fingerprint density at radius 1 is 1.24 bits per heavy atom. The van der Waals surface area contributed by atoms with E-state index in [4.69, 9.17) is 0 Å². The zero-order valence-electron chi connectivity index (χ0n) is 12.1. The van der Waals surface area contributed by atoms with Crippen molar-refractivity contribution in [1.82, 2.24) is 5.43 Å². The molecule has 21 heavy (non-hydrogen) atoms. The molecular weight excluding hydrogens is 328 g/mol. The molecule has 0 saturated heterocycles. The Balaban J connectivity index is 1.93. The Hall–Kier alpha value is -1.94. The van der Waals surface area contributed by atoms with Gasteiger partial charge in [0.05, 0.1) is 12.6 Å². The average molecular weight is 345 g/mol. The Bertz CT molecular complexity index is 680. The largest absolute Gasteiger partial charge is 0.273 e. The molecule has 0 saturated carbocycles. The second-order valence-corrected chi connectivity index (χ2v) is 5.87. The summed E-state index contributed by atoms with van der Waals surface area (Å²) < 4.78 is 0.980. The molecule has 0 spiro atoms. The van der Waals surface area contributed by atoms with E-state index in [0.717, 1.165) is 21.2 Å². The van der Waals surface area contributed by atoms with E-state index in [2.05, 4.69) is 32.5 Å². The first kappa shape index (κ1) is 15.4. The van der Waals surface area contributed by atoms with Crippen LogP contribution in [0.25, 0.3) is 0 Å². The Labute approximate surface area is 133 Å². The predicted octanol–water partition coefficient (Wildman–Crippen LogP) is 3.76. The number of hydrogen-bond donors (Lipinski definition) is 1. The maximum absolute atomic E-state index is 11.9. The number of amides is 1. The molecule has 1 amide bonds. The lowest BCUT2D eigenvalue weighted by molar-refractivity contribution is -0.120. The van der Waals surface area contributed by atoms with Crippen LogP contribution in [0.4, 0.5) is 0 Å². The van der Waals surface area contributed by atoms with Crippen molar-refractivity contribution in [1.29, 1.82) is 0 Å². The Kier molecular flexibility index (Phi) is 5.28. The third-order valence-corrected chi connectivity index (χ3v) is 3.59. The summed E-state index contributed by atoms with van der Waals surface area (Å²) >= 11 is 3.39. The molecule has 0 unspecified atom stereocenters. The first-order chi connectivity index (χ1) is 10.0. The summed E-state index contributed by atoms with van der Waals surface area (Å²) in [6.07, 6.45) is 1.96. The summed E-state index contributed by atoms with van der Waals surface area (Å²) in [7, 11) is 0. The summed E-state index contributed by atoms with van der Waals surface area (Å²) in [6.45, 7) is 4.06. The third kappa shape index (κ3) is 4.83. The van der Waals surface area contributed by atoms with Gasteiger partial charge in [-0.1, -0.05) is 51.8 Å². The van der Waals surface area contributed by atoms with Gasteiger partial charge in [0.1, 0.15) is 0 Å². The summed E-state index contributed by atoms with van der Waals surface area (Å²) in [5.74, 6) is -0.117. The number of nitrogens with zero attached hydrogens (tertiary/aromatic N) is 1. The van der Waals surface area contributed by atoms with Gasteiger partial charge in [0.25, 0.3) is 0 Å². The minimum Gasteiger partial charge on any atom is -0.273 e. The minimum absolute atomic E-state index is 0.117. The van der Waals surface area contributed by atoms with Gasteiger partial charge in [-0.05, 0) is 42.7 Å². The van der Waals surface area contributed by atoms with Crippen molar-refractivity contribution in [3.8, 4) is 0 Å². The number of carbonyl (C=O) groups is 1. The molecule has 2 aromatic rings. The van der Waals surface area contributed by atoms with Gasteiger partial charge in [-0.3, -0.25) is 4.79 Å². The van der Waals surface area contributed by atoms with Crippen LogP contribution in [0.3, 0.4) is 0 Å². The lowest BCUT2D eigenvalue weighted by Gasteiger charge is -2.05. The quantitative estimate of drug-likeness (QED) is 0.665. The number of hydrogen-bond acceptors (Lipinski definition) is 2. The molecule has 4 heteroatoms. The van der Waals surface area contributed by atoms with E-state index in [9.17, 15) is 4.79 Å². The van der Waals surface area contributed by atoms with E-state index < -0.39 is 0 Å². The van der Waals surface area contributed by atoms with Crippen LogP contribution in [0, 0.1) is 13.8 Å². The van der Waals surface area contributed by atoms with Gasteiger partial charge in [-0.25, -0.2) is 5.43 Å². The van der Waals surface area contributed by atoms with Gasteiger partial charge in [-0.15, -0.1) is 0 Å². The molecular formula is C17H17BrN2O. The average Bonchev–Trinajstić information content (AvgIpc) is 2.42. The van der Waals surface area contributed by atoms with Crippen LogP contribution < -0.4 is 5.43 Å². The number of carbonyl (C=O) groups excluding carboxylic acids is 1. The fourth-order valence-electron chi connectivity index (χ4n) is 2.02. The van der Waals surface area contributed by atoms with Gasteiger partial charge in [0.2, 0.25) is 5.91 Å². The van der Waals surface area contributed by atoms with Gasteiger partial charge < -0.3 is 0 Å². The standard InChI is InChI=1S/C17H17BrN2O/c1-12-6-7-15(13(2)8-12)10-17(21)20-19-11-14-4-3-5-16(18)9-14/h3-9,11H,10H2,1-2H3,(H,20,21)/b19-11+. The summed E-state index contributed by atoms with van der Waals surface area (Å²) in [5.41, 5.74) is 6.83. The van der Waals surface area contributed by atoms with Crippen LogP contribution in [-0.2, 0) is 11.2 Å². The molecule has 108 valence electrons. The highest BCUT2D eigenvalue weighted by molar-refractivity contribution is 9.10. The first-order valence-electron chi connectivity index (χ1n) is 6.68. The lowest BCUT2D eigenvalue weighted by Crippen LogP contribution is -2.20. The summed E-state index contributed by atoms with van der Waals surface area (Å²) in [5, 5.41) is 3.98. The third-order valence-electron chi connectivity index (χ3n) is 3.10. The molecule has 0 radical (unpaired) electrons. The number of rotatable bonds is 4. The maximum Gasteiger partial charge on any atom is 0.244 e. The van der Waals surface area contributed by atoms with Gasteiger partial charge in [0.15, 0.2) is 0 Å². The van der Waals surface area contributed by atoms with E-state index in [1.165, 1.54) is 5.56 Å². The molecule has 0 aliphatic carbocycles. The van der Waals surface area contributed by atoms with Crippen LogP contribution in [-0.4, -0.2) is 12.1 Å². The highest BCUT2D eigenvalue weighted by Gasteiger charge is 2.05. The van der Waals surface area contributed by atoms with E-state index in [0.29, 0.717) is 6.42 Å². The SMILES string of the molecule is Cc1ccc(CC(=O)N/N=C/c2cccc(Br)c2)c(C)c1. The van der Waals surface area contributed by atoms with E-state index in [1.54, 1.807) is 6.21 Å². The van der Waals surface area contributed by atoms with Gasteiger partial charge in [-0.2, -0.15) is 5.10 Å². The van der Waals surface area contributed by atoms with Crippen molar-refractivity contribution in [2.24, 2.45) is 5.10 Å². The fraction of sp³-hybridized carbons (Fsp3) is 0.176. The Morgan fingerprint density at radius 3 is 2.76 bits per heavy atom. The van der Waals surface area contributed by atoms with Crippen molar-refractivity contribution in [2.75, 3.05) is 0 Å². The summed E-state index contributed by atoms with van der Waals surface area (Å²) in [4.78, 5) is 11.9. The zero-order chi connectivity index (χ0) is 15.2. The van der Waals surface area contributed by atoms with E-state index in [-0.39, 0.29) is 5.91 Å². The Morgan fingerprint density at radius 2 is 2.05 bits per heavy atom. The van der Waals surface area contributed by atoms with Gasteiger partial charge >= 0.3 is 0 Å². The topological polar surface area (TPSA) is 41.5 Å². The van der Waals surface area contributed by atoms with Crippen molar-refractivity contribution < 1.29 is 4.79 Å². The molecule has 0 aromatic heterocycles. The highest BCUT2D eigenvalue weighted by atomic mass is 79.9. The molecule has 2 aromatic carbocycles. The van der Waals surface area contributed by atoms with Crippen molar-refractivity contribution in [3.05, 3.63) is 69.2 Å². The summed E-state index contributed by atoms with van der Waals surface area (Å²) in [6, 6.07) is 13.8. The number of halogens is 1. The highest BCUT2D eigenvalue weighted by Crippen LogP contribution is 2.11. The van der Waals surface area contributed by atoms with Crippen LogP contribution in [0.2, 0.25) is 0 Å². The first-order valence-corrected chi connectivity index (χ1v) is 7.47. The predicted molar refractivity (Wildman–Crippen MR) is 89.5 cm³/mol. The molecule has 0 atom stereocenters. The second-order valence-electron chi connectivity index (χ2n) is 4.95. The maximum atomic E-state index is 11.9. The van der Waals surface area contributed by atoms with Crippen molar-refractivity contribution in [3.63, 3.8) is 0 Å². The fourth-order valence-corrected chi connectivity index (χ4v) is 2.44. The normalized spacial score (nSPS) is 10.8. The minimum atomic E-state index is -0.117. The van der Waals surface area contributed by atoms with Gasteiger partial charge in [0, 0.05) is 4.47 Å². The lowest BCUT2D eigenvalue weighted by atomic mass is 10.0. The van der Waals surface area contributed by atoms with Crippen molar-refractivity contribution >= 4 is 28.1 Å². The molecule has 1 N–H and O–H groups in total. The second kappa shape index (κ2) is 7.18. The number of aryl methyl sites for hydroxylation is 2. The number of benzene rings is 2. The van der Waals surface area contributed by atoms with Crippen LogP contribution in [0.5, 0.6) is 0 Å². The van der Waals surface area contributed by atoms with E-state index >= 15 is 0 Å². The molecule has 0 bridgehead atoms. The van der Waals surface area contributed by atoms with E-state index in [1.807, 2.05) is 50.2 Å². The van der Waals surface area contributed by atoms with Crippen molar-refractivity contribution in [2.45, 2.75) is 20.3 Å². The molecule has 0 fully saturated rings. The molecule has 0 heterocycles. The van der Waals surface area contributed by atoms with Crippen LogP contribution in [0.15, 0.2) is 52.0 Å². The molecule has 2 rings (SSSR count). The molecule has 3 nitrogen and oxygen atoms in total. The monoisotopic (exact) mass is 344 g/mol. The molecule has 0 aliphatic heterocycles. The number of nitrogens with one attached hydrogen (secondary N) is 1. The zero-order valence-corrected chi connectivity index (χ0v) is 13.6. The smallest absolute Gasteiger partial charge is 0.244 e. The van der Waals surface area contributed by atoms with Crippen LogP contribution in [0.1, 0.15) is 22.3 Å². The van der Waals surface area contributed by atoms with Crippen LogP contribution >= 0.6 is 15.9 Å².